The summed E-state index contributed by atoms with van der Waals surface area (Å²) < 4.78 is 5.81. The summed E-state index contributed by atoms with van der Waals surface area (Å²) in [4.78, 5) is 25.4. The van der Waals surface area contributed by atoms with Crippen molar-refractivity contribution in [3.8, 4) is 11.1 Å². The number of hydrogen-bond donors (Lipinski definition) is 0. The molecule has 23 heavy (non-hydrogen) atoms. The van der Waals surface area contributed by atoms with E-state index < -0.39 is 0 Å². The van der Waals surface area contributed by atoms with E-state index in [9.17, 15) is 9.59 Å². The normalized spacial score (nSPS) is 16.9. The Bertz CT molecular complexity index is 728. The van der Waals surface area contributed by atoms with Gasteiger partial charge in [0.05, 0.1) is 0 Å². The Labute approximate surface area is 134 Å². The molecule has 0 unspecified atom stereocenters. The minimum Gasteiger partial charge on any atom is -0.436 e. The van der Waals surface area contributed by atoms with E-state index in [-0.39, 0.29) is 18.0 Å². The van der Waals surface area contributed by atoms with Gasteiger partial charge < -0.3 is 9.64 Å². The van der Waals surface area contributed by atoms with Crippen LogP contribution in [0.3, 0.4) is 0 Å². The number of carbonyl (C=O) groups excluding carboxylic acids is 2. The van der Waals surface area contributed by atoms with Crippen LogP contribution < -0.4 is 0 Å². The highest BCUT2D eigenvalue weighted by Crippen LogP contribution is 2.45. The average Bonchev–Trinajstić information content (AvgIpc) is 2.90. The van der Waals surface area contributed by atoms with Gasteiger partial charge in [-0.25, -0.2) is 4.79 Å². The van der Waals surface area contributed by atoms with Gasteiger partial charge in [-0.05, 0) is 11.1 Å². The van der Waals surface area contributed by atoms with Crippen LogP contribution in [0.15, 0.2) is 48.5 Å². The lowest BCUT2D eigenvalue weighted by molar-refractivity contribution is -0.121. The van der Waals surface area contributed by atoms with Gasteiger partial charge in [-0.1, -0.05) is 48.5 Å². The van der Waals surface area contributed by atoms with Crippen molar-refractivity contribution < 1.29 is 14.3 Å². The molecule has 0 radical (unpaired) electrons. The van der Waals surface area contributed by atoms with E-state index in [4.69, 9.17) is 4.74 Å². The fourth-order valence-electron chi connectivity index (χ4n) is 3.35. The Morgan fingerprint density at radius 1 is 0.913 bits per heavy atom. The van der Waals surface area contributed by atoms with Crippen LogP contribution in [0.25, 0.3) is 11.1 Å². The Morgan fingerprint density at radius 3 is 2.00 bits per heavy atom. The van der Waals surface area contributed by atoms with Crippen LogP contribution >= 0.6 is 0 Å². The number of carbonyl (C=O) groups is 2. The van der Waals surface area contributed by atoms with E-state index in [0.29, 0.717) is 25.9 Å². The summed E-state index contributed by atoms with van der Waals surface area (Å²) in [6, 6.07) is 16.0. The van der Waals surface area contributed by atoms with Crippen molar-refractivity contribution >= 4 is 11.9 Å². The van der Waals surface area contributed by atoms with E-state index in [0.717, 1.165) is 22.3 Å². The van der Waals surface area contributed by atoms with Crippen molar-refractivity contribution in [2.24, 2.45) is 0 Å². The number of hydrogen-bond acceptors (Lipinski definition) is 3. The van der Waals surface area contributed by atoms with Gasteiger partial charge in [-0.2, -0.15) is 0 Å². The summed E-state index contributed by atoms with van der Waals surface area (Å²) in [7, 11) is 0. The Morgan fingerprint density at radius 2 is 1.43 bits per heavy atom. The molecule has 0 bridgehead atoms. The number of amides is 1. The molecule has 2 aliphatic rings. The number of ether oxygens (including phenoxy) is 1. The number of Topliss-reactive ketones (excluding diaryl/α,β-unsaturated/α-hetero) is 1. The lowest BCUT2D eigenvalue weighted by atomic mass is 10.1. The lowest BCUT2D eigenvalue weighted by Crippen LogP contribution is -2.39. The summed E-state index contributed by atoms with van der Waals surface area (Å²) in [6.45, 7) is 0.904. The number of likely N-dealkylation sites (tertiary alicyclic amines) is 1. The third-order valence-corrected chi connectivity index (χ3v) is 4.57. The zero-order valence-corrected chi connectivity index (χ0v) is 12.7. The molecule has 0 saturated carbocycles. The predicted molar refractivity (Wildman–Crippen MR) is 86.0 cm³/mol. The molecular weight excluding hydrogens is 290 g/mol. The quantitative estimate of drug-likeness (QED) is 0.809. The molecule has 1 saturated heterocycles. The van der Waals surface area contributed by atoms with Crippen molar-refractivity contribution in [2.75, 3.05) is 13.1 Å². The maximum atomic E-state index is 12.5. The fourth-order valence-corrected chi connectivity index (χ4v) is 3.35. The molecule has 4 rings (SSSR count). The first-order valence-electron chi connectivity index (χ1n) is 7.89. The molecule has 4 nitrogen and oxygen atoms in total. The molecule has 116 valence electrons. The summed E-state index contributed by atoms with van der Waals surface area (Å²) in [5.41, 5.74) is 4.29. The van der Waals surface area contributed by atoms with Gasteiger partial charge in [0.2, 0.25) is 0 Å². The van der Waals surface area contributed by atoms with Crippen LogP contribution in [-0.2, 0) is 9.53 Å². The third kappa shape index (κ3) is 2.40. The summed E-state index contributed by atoms with van der Waals surface area (Å²) in [5, 5.41) is 0. The number of benzene rings is 2. The second-order valence-corrected chi connectivity index (χ2v) is 5.96. The minimum atomic E-state index is -0.368. The van der Waals surface area contributed by atoms with E-state index in [1.807, 2.05) is 36.4 Å². The van der Waals surface area contributed by atoms with E-state index in [2.05, 4.69) is 12.1 Å². The SMILES string of the molecule is O=C1CCN(C(=O)OC2c3ccccc3-c3ccccc32)CC1. The predicted octanol–water partition coefficient (Wildman–Crippen LogP) is 3.56. The number of rotatable bonds is 1. The summed E-state index contributed by atoms with van der Waals surface area (Å²) in [6.07, 6.45) is 0.140. The van der Waals surface area contributed by atoms with Crippen LogP contribution in [0.2, 0.25) is 0 Å². The molecule has 2 aromatic rings. The summed E-state index contributed by atoms with van der Waals surface area (Å²) in [5.74, 6) is 0.214. The number of nitrogens with zero attached hydrogens (tertiary/aromatic N) is 1. The molecule has 1 aliphatic carbocycles. The zero-order chi connectivity index (χ0) is 15.8. The molecule has 2 aromatic carbocycles. The Balaban J connectivity index is 1.61. The van der Waals surface area contributed by atoms with Crippen LogP contribution in [0.4, 0.5) is 4.79 Å². The molecule has 0 N–H and O–H groups in total. The monoisotopic (exact) mass is 307 g/mol. The van der Waals surface area contributed by atoms with Crippen LogP contribution in [0, 0.1) is 0 Å². The van der Waals surface area contributed by atoms with Crippen molar-refractivity contribution in [3.05, 3.63) is 59.7 Å². The van der Waals surface area contributed by atoms with Gasteiger partial charge in [0, 0.05) is 37.1 Å². The zero-order valence-electron chi connectivity index (χ0n) is 12.7. The van der Waals surface area contributed by atoms with Crippen LogP contribution in [0.1, 0.15) is 30.1 Å². The smallest absolute Gasteiger partial charge is 0.410 e. The molecule has 1 heterocycles. The standard InChI is InChI=1S/C19H17NO3/c21-13-9-11-20(12-10-13)19(22)23-18-16-7-3-1-5-14(16)15-6-2-4-8-17(15)18/h1-8,18H,9-12H2. The molecule has 1 aliphatic heterocycles. The minimum absolute atomic E-state index is 0.214. The number of fused-ring (bicyclic) bond motifs is 3. The topological polar surface area (TPSA) is 46.6 Å². The van der Waals surface area contributed by atoms with Crippen LogP contribution in [-0.4, -0.2) is 29.9 Å². The van der Waals surface area contributed by atoms with Gasteiger partial charge in [0.1, 0.15) is 5.78 Å². The highest BCUT2D eigenvalue weighted by Gasteiger charge is 2.33. The number of piperidine rings is 1. The van der Waals surface area contributed by atoms with Crippen molar-refractivity contribution in [1.82, 2.24) is 4.90 Å². The van der Waals surface area contributed by atoms with Gasteiger partial charge in [0.15, 0.2) is 6.10 Å². The first-order valence-corrected chi connectivity index (χ1v) is 7.89. The summed E-state index contributed by atoms with van der Waals surface area (Å²) >= 11 is 0. The highest BCUT2D eigenvalue weighted by molar-refractivity contribution is 5.82. The van der Waals surface area contributed by atoms with Gasteiger partial charge >= 0.3 is 6.09 Å². The molecule has 0 spiro atoms. The molecule has 1 fully saturated rings. The molecule has 0 atom stereocenters. The maximum absolute atomic E-state index is 12.5. The first kappa shape index (κ1) is 14.0. The molecule has 0 aromatic heterocycles. The first-order chi connectivity index (χ1) is 11.2. The van der Waals surface area contributed by atoms with E-state index >= 15 is 0 Å². The second kappa shape index (κ2) is 5.54. The van der Waals surface area contributed by atoms with E-state index in [1.165, 1.54) is 0 Å². The average molecular weight is 307 g/mol. The van der Waals surface area contributed by atoms with Crippen molar-refractivity contribution in [2.45, 2.75) is 18.9 Å². The van der Waals surface area contributed by atoms with Gasteiger partial charge in [-0.3, -0.25) is 4.79 Å². The largest absolute Gasteiger partial charge is 0.436 e. The molecular formula is C19H17NO3. The maximum Gasteiger partial charge on any atom is 0.410 e. The van der Waals surface area contributed by atoms with Gasteiger partial charge in [-0.15, -0.1) is 0 Å². The van der Waals surface area contributed by atoms with Crippen molar-refractivity contribution in [3.63, 3.8) is 0 Å². The second-order valence-electron chi connectivity index (χ2n) is 5.96. The fraction of sp³-hybridized carbons (Fsp3) is 0.263. The Hall–Kier alpha value is -2.62. The molecule has 1 amide bonds. The molecule has 4 heteroatoms. The van der Waals surface area contributed by atoms with Gasteiger partial charge in [0.25, 0.3) is 0 Å². The van der Waals surface area contributed by atoms with Crippen LogP contribution in [0.5, 0.6) is 0 Å². The lowest BCUT2D eigenvalue weighted by Gasteiger charge is -2.27. The van der Waals surface area contributed by atoms with E-state index in [1.54, 1.807) is 4.90 Å². The third-order valence-electron chi connectivity index (χ3n) is 4.57. The highest BCUT2D eigenvalue weighted by atomic mass is 16.6. The Kier molecular flexibility index (Phi) is 3.37. The van der Waals surface area contributed by atoms with Crippen molar-refractivity contribution in [1.29, 1.82) is 0 Å². The number of ketones is 1.